The van der Waals surface area contributed by atoms with E-state index in [0.29, 0.717) is 6.04 Å². The number of aromatic amines is 1. The summed E-state index contributed by atoms with van der Waals surface area (Å²) in [6.07, 6.45) is 6.89. The average Bonchev–Trinajstić information content (AvgIpc) is 2.99. The third-order valence-corrected chi connectivity index (χ3v) is 3.58. The molecular weight excluding hydrogens is 224 g/mol. The second-order valence-corrected chi connectivity index (χ2v) is 4.83. The van der Waals surface area contributed by atoms with Crippen LogP contribution < -0.4 is 11.1 Å². The summed E-state index contributed by atoms with van der Waals surface area (Å²) in [6.45, 7) is 0.969. The number of imidazole rings is 1. The molecule has 1 atom stereocenters. The largest absolute Gasteiger partial charge is 0.399 e. The van der Waals surface area contributed by atoms with Crippen molar-refractivity contribution in [3.63, 3.8) is 0 Å². The lowest BCUT2D eigenvalue weighted by Crippen LogP contribution is -2.22. The summed E-state index contributed by atoms with van der Waals surface area (Å²) in [7, 11) is 0. The third-order valence-electron chi connectivity index (χ3n) is 3.58. The molecule has 18 heavy (non-hydrogen) atoms. The van der Waals surface area contributed by atoms with Crippen LogP contribution in [0.15, 0.2) is 30.7 Å². The van der Waals surface area contributed by atoms with Gasteiger partial charge in [0.25, 0.3) is 0 Å². The van der Waals surface area contributed by atoms with E-state index in [1.54, 1.807) is 6.33 Å². The van der Waals surface area contributed by atoms with Gasteiger partial charge in [-0.25, -0.2) is 4.98 Å². The van der Waals surface area contributed by atoms with Gasteiger partial charge in [-0.3, -0.25) is 0 Å². The molecule has 4 nitrogen and oxygen atoms in total. The topological polar surface area (TPSA) is 66.7 Å². The standard InChI is InChI=1S/C14H18N4/c15-11-2-3-13-10(7-11)1-4-14(13)17-6-5-12-8-16-9-18-12/h2-3,7-9,14,17H,1,4-6,15H2,(H,16,18). The Labute approximate surface area is 107 Å². The fraction of sp³-hybridized carbons (Fsp3) is 0.357. The maximum Gasteiger partial charge on any atom is 0.0921 e. The lowest BCUT2D eigenvalue weighted by atomic mass is 10.1. The van der Waals surface area contributed by atoms with Crippen LogP contribution >= 0.6 is 0 Å². The molecule has 0 amide bonds. The number of benzene rings is 1. The number of aromatic nitrogens is 2. The second kappa shape index (κ2) is 4.82. The molecule has 0 saturated heterocycles. The van der Waals surface area contributed by atoms with Gasteiger partial charge in [0.2, 0.25) is 0 Å². The van der Waals surface area contributed by atoms with E-state index in [1.807, 2.05) is 12.3 Å². The molecule has 0 saturated carbocycles. The van der Waals surface area contributed by atoms with E-state index in [1.165, 1.54) is 23.2 Å². The van der Waals surface area contributed by atoms with Crippen LogP contribution in [0.1, 0.15) is 29.3 Å². The zero-order valence-corrected chi connectivity index (χ0v) is 10.3. The van der Waals surface area contributed by atoms with E-state index in [0.717, 1.165) is 25.1 Å². The Morgan fingerprint density at radius 3 is 3.22 bits per heavy atom. The second-order valence-electron chi connectivity index (χ2n) is 4.83. The lowest BCUT2D eigenvalue weighted by molar-refractivity contribution is 0.532. The van der Waals surface area contributed by atoms with Gasteiger partial charge in [-0.15, -0.1) is 0 Å². The predicted molar refractivity (Wildman–Crippen MR) is 72.2 cm³/mol. The minimum Gasteiger partial charge on any atom is -0.399 e. The van der Waals surface area contributed by atoms with Gasteiger partial charge < -0.3 is 16.0 Å². The van der Waals surface area contributed by atoms with Crippen LogP contribution in [0.25, 0.3) is 0 Å². The Morgan fingerprint density at radius 1 is 1.44 bits per heavy atom. The Bertz CT molecular complexity index is 519. The highest BCUT2D eigenvalue weighted by molar-refractivity contribution is 5.47. The third kappa shape index (κ3) is 2.24. The van der Waals surface area contributed by atoms with Crippen molar-refractivity contribution < 1.29 is 0 Å². The number of fused-ring (bicyclic) bond motifs is 1. The number of rotatable bonds is 4. The van der Waals surface area contributed by atoms with Crippen LogP contribution in [-0.2, 0) is 12.8 Å². The van der Waals surface area contributed by atoms with Crippen molar-refractivity contribution in [2.75, 3.05) is 12.3 Å². The molecule has 0 radical (unpaired) electrons. The summed E-state index contributed by atoms with van der Waals surface area (Å²) in [4.78, 5) is 7.14. The molecule has 0 aliphatic heterocycles. The van der Waals surface area contributed by atoms with Crippen LogP contribution in [0.2, 0.25) is 0 Å². The first-order valence-electron chi connectivity index (χ1n) is 6.42. The van der Waals surface area contributed by atoms with Gasteiger partial charge in [0.15, 0.2) is 0 Å². The van der Waals surface area contributed by atoms with Crippen molar-refractivity contribution in [3.8, 4) is 0 Å². The number of anilines is 1. The highest BCUT2D eigenvalue weighted by Gasteiger charge is 2.21. The summed E-state index contributed by atoms with van der Waals surface area (Å²) < 4.78 is 0. The number of hydrogen-bond donors (Lipinski definition) is 3. The first-order valence-corrected chi connectivity index (χ1v) is 6.42. The van der Waals surface area contributed by atoms with Crippen LogP contribution in [0.4, 0.5) is 5.69 Å². The van der Waals surface area contributed by atoms with Crippen LogP contribution in [-0.4, -0.2) is 16.5 Å². The van der Waals surface area contributed by atoms with Crippen LogP contribution in [0, 0.1) is 0 Å². The number of H-pyrrole nitrogens is 1. The van der Waals surface area contributed by atoms with Gasteiger partial charge in [0.05, 0.1) is 6.33 Å². The Kier molecular flexibility index (Phi) is 3.02. The Balaban J connectivity index is 1.59. The number of nitrogens with two attached hydrogens (primary N) is 1. The number of hydrogen-bond acceptors (Lipinski definition) is 3. The van der Waals surface area contributed by atoms with Gasteiger partial charge in [0.1, 0.15) is 0 Å². The fourth-order valence-electron chi connectivity index (χ4n) is 2.65. The van der Waals surface area contributed by atoms with E-state index in [9.17, 15) is 0 Å². The molecular formula is C14H18N4. The molecule has 1 aromatic carbocycles. The summed E-state index contributed by atoms with van der Waals surface area (Å²) in [5, 5.41) is 3.61. The van der Waals surface area contributed by atoms with E-state index < -0.39 is 0 Å². The molecule has 94 valence electrons. The van der Waals surface area contributed by atoms with Crippen LogP contribution in [0.5, 0.6) is 0 Å². The predicted octanol–water partition coefficient (Wildman–Crippen LogP) is 1.81. The molecule has 2 aromatic rings. The summed E-state index contributed by atoms with van der Waals surface area (Å²) in [5.41, 5.74) is 10.7. The maximum absolute atomic E-state index is 5.81. The quantitative estimate of drug-likeness (QED) is 0.716. The highest BCUT2D eigenvalue weighted by atomic mass is 14.9. The fourth-order valence-corrected chi connectivity index (χ4v) is 2.65. The highest BCUT2D eigenvalue weighted by Crippen LogP contribution is 2.32. The van der Waals surface area contributed by atoms with Gasteiger partial charge in [-0.2, -0.15) is 0 Å². The molecule has 1 aliphatic rings. The Morgan fingerprint density at radius 2 is 2.39 bits per heavy atom. The first kappa shape index (κ1) is 11.3. The molecule has 1 unspecified atom stereocenters. The molecule has 1 aliphatic carbocycles. The van der Waals surface area contributed by atoms with Crippen molar-refractivity contribution >= 4 is 5.69 Å². The number of aryl methyl sites for hydroxylation is 1. The summed E-state index contributed by atoms with van der Waals surface area (Å²) in [5.74, 6) is 0. The maximum atomic E-state index is 5.81. The number of nitrogens with zero attached hydrogens (tertiary/aromatic N) is 1. The monoisotopic (exact) mass is 242 g/mol. The van der Waals surface area contributed by atoms with Crippen molar-refractivity contribution in [1.29, 1.82) is 0 Å². The molecule has 1 heterocycles. The van der Waals surface area contributed by atoms with Crippen molar-refractivity contribution in [1.82, 2.24) is 15.3 Å². The average molecular weight is 242 g/mol. The summed E-state index contributed by atoms with van der Waals surface area (Å²) >= 11 is 0. The van der Waals surface area contributed by atoms with E-state index in [4.69, 9.17) is 5.73 Å². The minimum absolute atomic E-state index is 0.475. The summed E-state index contributed by atoms with van der Waals surface area (Å²) in [6, 6.07) is 6.73. The van der Waals surface area contributed by atoms with Crippen molar-refractivity contribution in [2.45, 2.75) is 25.3 Å². The van der Waals surface area contributed by atoms with E-state index >= 15 is 0 Å². The molecule has 0 bridgehead atoms. The SMILES string of the molecule is Nc1ccc2c(c1)CCC2NCCc1cnc[nH]1. The lowest BCUT2D eigenvalue weighted by Gasteiger charge is -2.13. The molecule has 0 fully saturated rings. The zero-order chi connectivity index (χ0) is 12.4. The normalized spacial score (nSPS) is 17.9. The Hall–Kier alpha value is -1.81. The number of nitrogens with one attached hydrogen (secondary N) is 2. The molecule has 0 spiro atoms. The van der Waals surface area contributed by atoms with Gasteiger partial charge in [-0.05, 0) is 36.1 Å². The van der Waals surface area contributed by atoms with Crippen LogP contribution in [0.3, 0.4) is 0 Å². The minimum atomic E-state index is 0.475. The zero-order valence-electron chi connectivity index (χ0n) is 10.3. The number of nitrogen functional groups attached to an aromatic ring is 1. The van der Waals surface area contributed by atoms with Gasteiger partial charge >= 0.3 is 0 Å². The van der Waals surface area contributed by atoms with Crippen molar-refractivity contribution in [2.24, 2.45) is 0 Å². The van der Waals surface area contributed by atoms with Crippen molar-refractivity contribution in [3.05, 3.63) is 47.5 Å². The molecule has 1 aromatic heterocycles. The molecule has 3 rings (SSSR count). The molecule has 4 N–H and O–H groups in total. The smallest absolute Gasteiger partial charge is 0.0921 e. The van der Waals surface area contributed by atoms with Gasteiger partial charge in [-0.1, -0.05) is 6.07 Å². The van der Waals surface area contributed by atoms with E-state index in [2.05, 4.69) is 27.4 Å². The van der Waals surface area contributed by atoms with Gasteiger partial charge in [0, 0.05) is 36.6 Å². The molecule has 4 heteroatoms. The first-order chi connectivity index (χ1) is 8.83. The van der Waals surface area contributed by atoms with E-state index in [-0.39, 0.29) is 0 Å².